The van der Waals surface area contributed by atoms with Gasteiger partial charge in [-0.1, -0.05) is 52.4 Å². The van der Waals surface area contributed by atoms with Gasteiger partial charge in [-0.15, -0.1) is 0 Å². The predicted octanol–water partition coefficient (Wildman–Crippen LogP) is 4.49. The van der Waals surface area contributed by atoms with Crippen LogP contribution in [0.1, 0.15) is 65.2 Å². The summed E-state index contributed by atoms with van der Waals surface area (Å²) in [4.78, 5) is 2.33. The molecular formula is C19H33N3O2S2. The van der Waals surface area contributed by atoms with Crippen molar-refractivity contribution in [2.45, 2.75) is 70.1 Å². The minimum Gasteiger partial charge on any atom is -0.349 e. The summed E-state index contributed by atoms with van der Waals surface area (Å²) in [5.41, 5.74) is 0.773. The summed E-state index contributed by atoms with van der Waals surface area (Å²) in [7, 11) is -3.67. The first-order valence-electron chi connectivity index (χ1n) is 9.57. The zero-order chi connectivity index (χ0) is 19.4. The maximum atomic E-state index is 11.3. The number of benzene rings is 1. The second-order valence-electron chi connectivity index (χ2n) is 6.61. The van der Waals surface area contributed by atoms with Crippen LogP contribution in [0.4, 0.5) is 5.69 Å². The second-order valence-corrected chi connectivity index (χ2v) is 8.56. The largest absolute Gasteiger partial charge is 0.349 e. The Kier molecular flexibility index (Phi) is 10.8. The second kappa shape index (κ2) is 12.3. The van der Waals surface area contributed by atoms with E-state index < -0.39 is 10.0 Å². The molecule has 148 valence electrons. The molecule has 1 aromatic rings. The van der Waals surface area contributed by atoms with E-state index in [9.17, 15) is 8.42 Å². The molecule has 0 aliphatic carbocycles. The van der Waals surface area contributed by atoms with Gasteiger partial charge in [-0.3, -0.25) is 0 Å². The summed E-state index contributed by atoms with van der Waals surface area (Å²) in [5, 5.41) is 9.05. The summed E-state index contributed by atoms with van der Waals surface area (Å²) < 4.78 is 22.7. The van der Waals surface area contributed by atoms with E-state index in [-0.39, 0.29) is 4.90 Å². The molecule has 0 amide bonds. The number of unbranched alkanes of at least 4 members (excludes halogenated alkanes) is 6. The Morgan fingerprint density at radius 2 is 1.46 bits per heavy atom. The minimum absolute atomic E-state index is 0.102. The summed E-state index contributed by atoms with van der Waals surface area (Å²) in [6.07, 6.45) is 9.63. The summed E-state index contributed by atoms with van der Waals surface area (Å²) in [6.45, 7) is 6.32. The van der Waals surface area contributed by atoms with Gasteiger partial charge in [0.1, 0.15) is 0 Å². The molecule has 0 bridgehead atoms. The number of primary sulfonamides is 1. The third-order valence-corrected chi connectivity index (χ3v) is 5.57. The first-order chi connectivity index (χ1) is 12.4. The number of thiocarbonyl (C=S) groups is 1. The van der Waals surface area contributed by atoms with Crippen LogP contribution in [0.15, 0.2) is 29.2 Å². The topological polar surface area (TPSA) is 75.4 Å². The van der Waals surface area contributed by atoms with Crippen LogP contribution in [0.2, 0.25) is 0 Å². The standard InChI is InChI=1S/C19H33N3O2S2/c1-3-5-7-9-15-22(16-10-8-6-4-2)19(25)21-17-11-13-18(14-12-17)26(20,23)24/h11-14H,3-10,15-16H2,1-2H3,(H,21,25)(H2,20,23,24). The zero-order valence-corrected chi connectivity index (χ0v) is 17.7. The van der Waals surface area contributed by atoms with Crippen LogP contribution in [0.25, 0.3) is 0 Å². The molecule has 0 unspecified atom stereocenters. The molecule has 0 radical (unpaired) electrons. The lowest BCUT2D eigenvalue weighted by Gasteiger charge is -2.26. The van der Waals surface area contributed by atoms with E-state index in [1.54, 1.807) is 12.1 Å². The van der Waals surface area contributed by atoms with E-state index in [1.165, 1.54) is 50.7 Å². The van der Waals surface area contributed by atoms with E-state index >= 15 is 0 Å². The lowest BCUT2D eigenvalue weighted by atomic mass is 10.2. The third kappa shape index (κ3) is 8.96. The number of nitrogens with one attached hydrogen (secondary N) is 1. The average molecular weight is 400 g/mol. The number of hydrogen-bond donors (Lipinski definition) is 2. The number of nitrogens with zero attached hydrogens (tertiary/aromatic N) is 1. The molecular weight excluding hydrogens is 366 g/mol. The van der Waals surface area contributed by atoms with Crippen molar-refractivity contribution in [2.75, 3.05) is 18.4 Å². The van der Waals surface area contributed by atoms with Gasteiger partial charge in [-0.2, -0.15) is 0 Å². The molecule has 3 N–H and O–H groups in total. The fourth-order valence-corrected chi connectivity index (χ4v) is 3.52. The first-order valence-corrected chi connectivity index (χ1v) is 11.5. The quantitative estimate of drug-likeness (QED) is 0.400. The highest BCUT2D eigenvalue weighted by Gasteiger charge is 2.11. The van der Waals surface area contributed by atoms with Gasteiger partial charge in [0.2, 0.25) is 10.0 Å². The Morgan fingerprint density at radius 3 is 1.88 bits per heavy atom. The van der Waals surface area contributed by atoms with Gasteiger partial charge in [-0.05, 0) is 49.3 Å². The molecule has 26 heavy (non-hydrogen) atoms. The van der Waals surface area contributed by atoms with Crippen LogP contribution in [-0.4, -0.2) is 31.5 Å². The molecule has 0 aliphatic rings. The SMILES string of the molecule is CCCCCCN(CCCCCC)C(=S)Nc1ccc(S(N)(=O)=O)cc1. The van der Waals surface area contributed by atoms with Crippen LogP contribution in [0.3, 0.4) is 0 Å². The smallest absolute Gasteiger partial charge is 0.238 e. The highest BCUT2D eigenvalue weighted by Crippen LogP contribution is 2.14. The first kappa shape index (κ1) is 22.9. The fraction of sp³-hybridized carbons (Fsp3) is 0.632. The monoisotopic (exact) mass is 399 g/mol. The average Bonchev–Trinajstić information content (AvgIpc) is 2.60. The van der Waals surface area contributed by atoms with Gasteiger partial charge in [0.25, 0.3) is 0 Å². The Morgan fingerprint density at radius 1 is 0.962 bits per heavy atom. The zero-order valence-electron chi connectivity index (χ0n) is 16.0. The molecule has 0 aliphatic heterocycles. The van der Waals surface area contributed by atoms with Crippen LogP contribution in [-0.2, 0) is 10.0 Å². The summed E-state index contributed by atoms with van der Waals surface area (Å²) >= 11 is 5.59. The molecule has 5 nitrogen and oxygen atoms in total. The minimum atomic E-state index is -3.67. The Hall–Kier alpha value is -1.18. The summed E-state index contributed by atoms with van der Waals surface area (Å²) in [6, 6.07) is 6.37. The molecule has 0 atom stereocenters. The van der Waals surface area contributed by atoms with Crippen molar-refractivity contribution in [1.82, 2.24) is 4.90 Å². The fourth-order valence-electron chi connectivity index (χ4n) is 2.70. The van der Waals surface area contributed by atoms with Crippen LogP contribution < -0.4 is 10.5 Å². The normalized spacial score (nSPS) is 11.3. The Balaban J connectivity index is 2.64. The maximum absolute atomic E-state index is 11.3. The molecule has 0 saturated carbocycles. The van der Waals surface area contributed by atoms with Crippen molar-refractivity contribution in [2.24, 2.45) is 5.14 Å². The van der Waals surface area contributed by atoms with E-state index in [2.05, 4.69) is 24.1 Å². The molecule has 0 aromatic heterocycles. The number of rotatable bonds is 12. The molecule has 0 fully saturated rings. The third-order valence-electron chi connectivity index (χ3n) is 4.28. The lowest BCUT2D eigenvalue weighted by molar-refractivity contribution is 0.391. The van der Waals surface area contributed by atoms with Crippen molar-refractivity contribution in [1.29, 1.82) is 0 Å². The predicted molar refractivity (Wildman–Crippen MR) is 114 cm³/mol. The van der Waals surface area contributed by atoms with Gasteiger partial charge in [0.15, 0.2) is 5.11 Å². The number of hydrogen-bond acceptors (Lipinski definition) is 3. The van der Waals surface area contributed by atoms with E-state index in [4.69, 9.17) is 17.4 Å². The molecule has 1 rings (SSSR count). The Bertz CT molecular complexity index is 619. The van der Waals surface area contributed by atoms with Crippen LogP contribution in [0.5, 0.6) is 0 Å². The molecule has 0 saturated heterocycles. The molecule has 1 aromatic carbocycles. The Labute approximate surface area is 164 Å². The van der Waals surface area contributed by atoms with Gasteiger partial charge < -0.3 is 10.2 Å². The van der Waals surface area contributed by atoms with Gasteiger partial charge in [0, 0.05) is 18.8 Å². The van der Waals surface area contributed by atoms with Crippen molar-refractivity contribution in [3.05, 3.63) is 24.3 Å². The maximum Gasteiger partial charge on any atom is 0.238 e. The van der Waals surface area contributed by atoms with Crippen molar-refractivity contribution < 1.29 is 8.42 Å². The molecule has 0 spiro atoms. The van der Waals surface area contributed by atoms with E-state index in [1.807, 2.05) is 0 Å². The van der Waals surface area contributed by atoms with Crippen LogP contribution >= 0.6 is 12.2 Å². The van der Waals surface area contributed by atoms with Crippen molar-refractivity contribution in [3.8, 4) is 0 Å². The number of anilines is 1. The van der Waals surface area contributed by atoms with Gasteiger partial charge in [-0.25, -0.2) is 13.6 Å². The highest BCUT2D eigenvalue weighted by molar-refractivity contribution is 7.89. The number of nitrogens with two attached hydrogens (primary N) is 1. The van der Waals surface area contributed by atoms with E-state index in [0.717, 1.165) is 31.6 Å². The van der Waals surface area contributed by atoms with Crippen molar-refractivity contribution >= 4 is 33.0 Å². The van der Waals surface area contributed by atoms with Gasteiger partial charge in [0.05, 0.1) is 4.90 Å². The summed E-state index contributed by atoms with van der Waals surface area (Å²) in [5.74, 6) is 0. The van der Waals surface area contributed by atoms with Gasteiger partial charge >= 0.3 is 0 Å². The molecule has 0 heterocycles. The lowest BCUT2D eigenvalue weighted by Crippen LogP contribution is -2.36. The highest BCUT2D eigenvalue weighted by atomic mass is 32.2. The number of sulfonamides is 1. The van der Waals surface area contributed by atoms with Crippen molar-refractivity contribution in [3.63, 3.8) is 0 Å². The molecule has 7 heteroatoms. The van der Waals surface area contributed by atoms with Crippen LogP contribution in [0, 0.1) is 0 Å². The van der Waals surface area contributed by atoms with E-state index in [0.29, 0.717) is 5.11 Å².